The number of hydrogen-bond acceptors (Lipinski definition) is 4. The molecule has 1 amide bonds. The Balaban J connectivity index is 1.64. The van der Waals surface area contributed by atoms with E-state index in [1.807, 2.05) is 35.8 Å². The minimum Gasteiger partial charge on any atom is -0.310 e. The van der Waals surface area contributed by atoms with Crippen LogP contribution in [0.15, 0.2) is 48.5 Å². The fraction of sp³-hybridized carbons (Fsp3) is 0.263. The van der Waals surface area contributed by atoms with E-state index < -0.39 is 10.0 Å². The zero-order valence-corrected chi connectivity index (χ0v) is 15.7. The number of rotatable bonds is 4. The number of nitrogens with one attached hydrogen (secondary N) is 1. The molecule has 1 aliphatic rings. The third-order valence-corrected chi connectivity index (χ3v) is 6.56. The van der Waals surface area contributed by atoms with Crippen molar-refractivity contribution in [1.82, 2.24) is 9.55 Å². The molecule has 1 fully saturated rings. The number of fused-ring (bicyclic) bond motifs is 1. The Hall–Kier alpha value is -2.87. The van der Waals surface area contributed by atoms with Crippen LogP contribution in [0.25, 0.3) is 11.0 Å². The van der Waals surface area contributed by atoms with E-state index in [1.165, 1.54) is 4.31 Å². The van der Waals surface area contributed by atoms with E-state index in [4.69, 9.17) is 0 Å². The van der Waals surface area contributed by atoms with Crippen LogP contribution in [-0.2, 0) is 16.6 Å². The molecule has 1 saturated heterocycles. The van der Waals surface area contributed by atoms with Gasteiger partial charge in [0.2, 0.25) is 16.0 Å². The summed E-state index contributed by atoms with van der Waals surface area (Å²) in [5.74, 6) is 0.297. The number of carbonyl (C=O) groups excluding carboxylic acids is 1. The molecular weight excluding hydrogens is 364 g/mol. The first-order chi connectivity index (χ1) is 13.0. The summed E-state index contributed by atoms with van der Waals surface area (Å²) in [4.78, 5) is 17.3. The Morgan fingerprint density at radius 3 is 2.74 bits per heavy atom. The molecule has 0 radical (unpaired) electrons. The highest BCUT2D eigenvalue weighted by atomic mass is 32.2. The maximum Gasteiger partial charge on any atom is 0.258 e. The van der Waals surface area contributed by atoms with Crippen LogP contribution in [0, 0.1) is 0 Å². The van der Waals surface area contributed by atoms with Gasteiger partial charge in [0.1, 0.15) is 0 Å². The lowest BCUT2D eigenvalue weighted by Gasteiger charge is -2.17. The van der Waals surface area contributed by atoms with E-state index in [2.05, 4.69) is 10.3 Å². The van der Waals surface area contributed by atoms with E-state index in [0.29, 0.717) is 36.7 Å². The van der Waals surface area contributed by atoms with Crippen molar-refractivity contribution in [3.05, 3.63) is 54.1 Å². The van der Waals surface area contributed by atoms with Crippen LogP contribution >= 0.6 is 0 Å². The highest BCUT2D eigenvalue weighted by Gasteiger charge is 2.28. The van der Waals surface area contributed by atoms with Gasteiger partial charge in [-0.1, -0.05) is 18.2 Å². The smallest absolute Gasteiger partial charge is 0.258 e. The highest BCUT2D eigenvalue weighted by Crippen LogP contribution is 2.25. The standard InChI is InChI=1S/C19H20N4O3S/c1-2-22-17-10-4-3-9-16(17)20-19(22)21-18(24)14-7-5-8-15(13-14)23-11-6-12-27(23,25)26/h3-5,7-10,13H,2,6,11-12H2,1H3,(H,20,21,24). The second kappa shape index (κ2) is 6.70. The van der Waals surface area contributed by atoms with E-state index in [0.717, 1.165) is 11.0 Å². The molecule has 8 heteroatoms. The maximum atomic E-state index is 12.8. The number of sulfonamides is 1. The first kappa shape index (κ1) is 17.5. The Bertz CT molecular complexity index is 1120. The molecule has 0 atom stereocenters. The molecule has 0 aliphatic carbocycles. The summed E-state index contributed by atoms with van der Waals surface area (Å²) in [5.41, 5.74) is 2.67. The van der Waals surface area contributed by atoms with Crippen LogP contribution < -0.4 is 9.62 Å². The van der Waals surface area contributed by atoms with Crippen molar-refractivity contribution in [3.63, 3.8) is 0 Å². The van der Waals surface area contributed by atoms with Crippen molar-refractivity contribution in [3.8, 4) is 0 Å². The molecule has 0 unspecified atom stereocenters. The molecular formula is C19H20N4O3S. The van der Waals surface area contributed by atoms with E-state index in [-0.39, 0.29) is 11.7 Å². The lowest BCUT2D eigenvalue weighted by molar-refractivity contribution is 0.102. The molecule has 7 nitrogen and oxygen atoms in total. The number of para-hydroxylation sites is 2. The molecule has 0 spiro atoms. The van der Waals surface area contributed by atoms with Gasteiger partial charge in [-0.2, -0.15) is 0 Å². The Morgan fingerprint density at radius 2 is 2.00 bits per heavy atom. The Labute approximate surface area is 157 Å². The van der Waals surface area contributed by atoms with Crippen molar-refractivity contribution < 1.29 is 13.2 Å². The molecule has 0 saturated carbocycles. The largest absolute Gasteiger partial charge is 0.310 e. The number of carbonyl (C=O) groups is 1. The fourth-order valence-electron chi connectivity index (χ4n) is 3.40. The monoisotopic (exact) mass is 384 g/mol. The number of aryl methyl sites for hydroxylation is 1. The zero-order chi connectivity index (χ0) is 19.0. The van der Waals surface area contributed by atoms with Gasteiger partial charge in [-0.15, -0.1) is 0 Å². The van der Waals surface area contributed by atoms with Gasteiger partial charge in [0.25, 0.3) is 5.91 Å². The molecule has 27 heavy (non-hydrogen) atoms. The summed E-state index contributed by atoms with van der Waals surface area (Å²) in [5, 5.41) is 2.85. The van der Waals surface area contributed by atoms with Gasteiger partial charge < -0.3 is 4.57 Å². The van der Waals surface area contributed by atoms with Crippen molar-refractivity contribution >= 4 is 38.6 Å². The Morgan fingerprint density at radius 1 is 1.19 bits per heavy atom. The average Bonchev–Trinajstić information content (AvgIpc) is 3.20. The lowest BCUT2D eigenvalue weighted by atomic mass is 10.2. The van der Waals surface area contributed by atoms with Crippen molar-refractivity contribution in [2.75, 3.05) is 21.9 Å². The van der Waals surface area contributed by atoms with Crippen molar-refractivity contribution in [2.24, 2.45) is 0 Å². The maximum absolute atomic E-state index is 12.8. The van der Waals surface area contributed by atoms with Crippen LogP contribution in [-0.4, -0.2) is 36.2 Å². The number of hydrogen-bond donors (Lipinski definition) is 1. The van der Waals surface area contributed by atoms with E-state index >= 15 is 0 Å². The molecule has 1 aromatic heterocycles. The fourth-order valence-corrected chi connectivity index (χ4v) is 4.95. The molecule has 1 aliphatic heterocycles. The van der Waals surface area contributed by atoms with Crippen LogP contribution in [0.5, 0.6) is 0 Å². The summed E-state index contributed by atoms with van der Waals surface area (Å²) in [6, 6.07) is 14.4. The second-order valence-corrected chi connectivity index (χ2v) is 8.43. The number of amides is 1. The predicted octanol–water partition coefficient (Wildman–Crippen LogP) is 2.85. The number of aromatic nitrogens is 2. The zero-order valence-electron chi connectivity index (χ0n) is 14.9. The highest BCUT2D eigenvalue weighted by molar-refractivity contribution is 7.93. The topological polar surface area (TPSA) is 84.3 Å². The minimum atomic E-state index is -3.28. The number of anilines is 2. The van der Waals surface area contributed by atoms with Gasteiger partial charge in [0, 0.05) is 18.7 Å². The minimum absolute atomic E-state index is 0.143. The van der Waals surface area contributed by atoms with Crippen LogP contribution in [0.1, 0.15) is 23.7 Å². The van der Waals surface area contributed by atoms with Gasteiger partial charge in [-0.05, 0) is 43.7 Å². The van der Waals surface area contributed by atoms with Crippen molar-refractivity contribution in [2.45, 2.75) is 19.9 Å². The van der Waals surface area contributed by atoms with Crippen LogP contribution in [0.3, 0.4) is 0 Å². The Kier molecular flexibility index (Phi) is 4.35. The summed E-state index contributed by atoms with van der Waals surface area (Å²) in [6.45, 7) is 3.10. The SMILES string of the molecule is CCn1c(NC(=O)c2cccc(N3CCCS3(=O)=O)c2)nc2ccccc21. The van der Waals surface area contributed by atoms with Gasteiger partial charge >= 0.3 is 0 Å². The quantitative estimate of drug-likeness (QED) is 0.750. The molecule has 140 valence electrons. The van der Waals surface area contributed by atoms with Crippen molar-refractivity contribution in [1.29, 1.82) is 0 Å². The van der Waals surface area contributed by atoms with Crippen LogP contribution in [0.4, 0.5) is 11.6 Å². The van der Waals surface area contributed by atoms with Gasteiger partial charge in [0.15, 0.2) is 0 Å². The molecule has 1 N–H and O–H groups in total. The summed E-state index contributed by atoms with van der Waals surface area (Å²) in [7, 11) is -3.28. The third kappa shape index (κ3) is 3.16. The molecule has 2 heterocycles. The molecule has 2 aromatic carbocycles. The average molecular weight is 384 g/mol. The number of benzene rings is 2. The summed E-state index contributed by atoms with van der Waals surface area (Å²) in [6.07, 6.45) is 0.597. The molecule has 3 aromatic rings. The van der Waals surface area contributed by atoms with Gasteiger partial charge in [-0.25, -0.2) is 13.4 Å². The molecule has 0 bridgehead atoms. The second-order valence-electron chi connectivity index (χ2n) is 6.41. The van der Waals surface area contributed by atoms with Gasteiger partial charge in [0.05, 0.1) is 22.5 Å². The first-order valence-electron chi connectivity index (χ1n) is 8.87. The third-order valence-electron chi connectivity index (χ3n) is 4.69. The molecule has 4 rings (SSSR count). The van der Waals surface area contributed by atoms with Gasteiger partial charge in [-0.3, -0.25) is 14.4 Å². The van der Waals surface area contributed by atoms with E-state index in [9.17, 15) is 13.2 Å². The summed E-state index contributed by atoms with van der Waals surface area (Å²) >= 11 is 0. The van der Waals surface area contributed by atoms with Crippen LogP contribution in [0.2, 0.25) is 0 Å². The number of imidazole rings is 1. The first-order valence-corrected chi connectivity index (χ1v) is 10.5. The summed E-state index contributed by atoms with van der Waals surface area (Å²) < 4.78 is 27.6. The normalized spacial score (nSPS) is 16.0. The lowest BCUT2D eigenvalue weighted by Crippen LogP contribution is -2.25. The number of nitrogens with zero attached hydrogens (tertiary/aromatic N) is 3. The predicted molar refractivity (Wildman–Crippen MR) is 106 cm³/mol. The van der Waals surface area contributed by atoms with E-state index in [1.54, 1.807) is 24.3 Å².